The molecule has 3 rings (SSSR count). The molecule has 0 saturated carbocycles. The second-order valence-corrected chi connectivity index (χ2v) is 8.39. The highest BCUT2D eigenvalue weighted by molar-refractivity contribution is 5.98. The first kappa shape index (κ1) is 27.1. The van der Waals surface area contributed by atoms with Crippen LogP contribution in [0.15, 0.2) is 84.9 Å². The van der Waals surface area contributed by atoms with Gasteiger partial charge in [-0.05, 0) is 48.6 Å². The van der Waals surface area contributed by atoms with Crippen molar-refractivity contribution >= 4 is 11.8 Å². The maximum absolute atomic E-state index is 13.3. The Morgan fingerprint density at radius 1 is 0.750 bits per heavy atom. The van der Waals surface area contributed by atoms with Crippen LogP contribution >= 0.6 is 0 Å². The molecule has 190 valence electrons. The molecule has 6 heteroatoms. The molecule has 3 aromatic rings. The van der Waals surface area contributed by atoms with Crippen LogP contribution in [0.1, 0.15) is 36.5 Å². The van der Waals surface area contributed by atoms with E-state index in [9.17, 15) is 9.59 Å². The van der Waals surface area contributed by atoms with Gasteiger partial charge >= 0.3 is 5.97 Å². The van der Waals surface area contributed by atoms with Crippen LogP contribution in [0.2, 0.25) is 0 Å². The summed E-state index contributed by atoms with van der Waals surface area (Å²) in [5, 5.41) is 0. The zero-order valence-corrected chi connectivity index (χ0v) is 20.9. The third kappa shape index (κ3) is 8.95. The number of rotatable bonds is 15. The summed E-state index contributed by atoms with van der Waals surface area (Å²) in [4.78, 5) is 25.4. The van der Waals surface area contributed by atoms with E-state index in [0.29, 0.717) is 19.4 Å². The summed E-state index contributed by atoms with van der Waals surface area (Å²) in [5.41, 5.74) is 3.01. The molecule has 0 unspecified atom stereocenters. The average Bonchev–Trinajstić information content (AvgIpc) is 2.91. The number of hydrogen-bond donors (Lipinski definition) is 0. The van der Waals surface area contributed by atoms with Crippen LogP contribution in [0.25, 0.3) is 0 Å². The number of carbonyl (C=O) groups is 2. The molecule has 36 heavy (non-hydrogen) atoms. The number of ether oxygens (including phenoxy) is 4. The van der Waals surface area contributed by atoms with Gasteiger partial charge < -0.3 is 18.9 Å². The van der Waals surface area contributed by atoms with Crippen LogP contribution in [0.5, 0.6) is 5.75 Å². The Bertz CT molecular complexity index is 1050. The van der Waals surface area contributed by atoms with Gasteiger partial charge in [-0.15, -0.1) is 0 Å². The SMILES string of the molecule is CCOC(=O)CC(=O)[C@@H](OCc1ccccc1)[C@@H](CCc1ccccc1)OCc1ccc(OC)cc1. The van der Waals surface area contributed by atoms with Crippen molar-refractivity contribution in [1.82, 2.24) is 0 Å². The van der Waals surface area contributed by atoms with Gasteiger partial charge in [-0.25, -0.2) is 0 Å². The average molecular weight is 491 g/mol. The first-order valence-electron chi connectivity index (χ1n) is 12.2. The maximum Gasteiger partial charge on any atom is 0.313 e. The van der Waals surface area contributed by atoms with E-state index in [1.165, 1.54) is 0 Å². The van der Waals surface area contributed by atoms with E-state index >= 15 is 0 Å². The van der Waals surface area contributed by atoms with Gasteiger partial charge in [0.1, 0.15) is 18.3 Å². The number of ketones is 1. The molecule has 6 nitrogen and oxygen atoms in total. The van der Waals surface area contributed by atoms with Crippen LogP contribution in [-0.4, -0.2) is 37.7 Å². The van der Waals surface area contributed by atoms with Gasteiger partial charge in [0, 0.05) is 0 Å². The van der Waals surface area contributed by atoms with Gasteiger partial charge in [0.25, 0.3) is 0 Å². The molecule has 0 fully saturated rings. The molecule has 0 radical (unpaired) electrons. The summed E-state index contributed by atoms with van der Waals surface area (Å²) in [6.45, 7) is 2.45. The zero-order chi connectivity index (χ0) is 25.6. The van der Waals surface area contributed by atoms with Gasteiger partial charge in [0.2, 0.25) is 0 Å². The molecule has 0 aliphatic heterocycles. The standard InChI is InChI=1S/C30H34O6/c1-3-34-29(32)20-27(31)30(36-22-24-12-8-5-9-13-24)28(19-16-23-10-6-4-7-11-23)35-21-25-14-17-26(33-2)18-15-25/h4-15,17-18,28,30H,3,16,19-22H2,1-2H3/t28-,30-/m1/s1. The molecular weight excluding hydrogens is 456 g/mol. The Balaban J connectivity index is 1.79. The predicted octanol–water partition coefficient (Wildman–Crippen LogP) is 5.32. The molecule has 3 aromatic carbocycles. The third-order valence-electron chi connectivity index (χ3n) is 5.73. The minimum Gasteiger partial charge on any atom is -0.497 e. The number of carbonyl (C=O) groups excluding carboxylic acids is 2. The Labute approximate surface area is 213 Å². The molecule has 0 aliphatic carbocycles. The highest BCUT2D eigenvalue weighted by atomic mass is 16.5. The Hall–Kier alpha value is -3.48. The zero-order valence-electron chi connectivity index (χ0n) is 20.9. The smallest absolute Gasteiger partial charge is 0.313 e. The lowest BCUT2D eigenvalue weighted by atomic mass is 9.99. The van der Waals surface area contributed by atoms with Crippen molar-refractivity contribution in [2.24, 2.45) is 0 Å². The number of esters is 1. The molecule has 2 atom stereocenters. The van der Waals surface area contributed by atoms with Crippen LogP contribution in [0, 0.1) is 0 Å². The van der Waals surface area contributed by atoms with E-state index in [1.54, 1.807) is 14.0 Å². The summed E-state index contributed by atoms with van der Waals surface area (Å²) in [5.74, 6) is -0.155. The molecular formula is C30H34O6. The molecule has 0 aliphatic rings. The summed E-state index contributed by atoms with van der Waals surface area (Å²) < 4.78 is 22.7. The lowest BCUT2D eigenvalue weighted by molar-refractivity contribution is -0.154. The fourth-order valence-electron chi connectivity index (χ4n) is 3.82. The highest BCUT2D eigenvalue weighted by Gasteiger charge is 2.31. The van der Waals surface area contributed by atoms with E-state index in [4.69, 9.17) is 18.9 Å². The minimum atomic E-state index is -0.920. The van der Waals surface area contributed by atoms with Crippen molar-refractivity contribution in [3.05, 3.63) is 102 Å². The normalized spacial score (nSPS) is 12.5. The molecule has 0 bridgehead atoms. The van der Waals surface area contributed by atoms with Crippen LogP contribution in [0.4, 0.5) is 0 Å². The topological polar surface area (TPSA) is 71.1 Å². The van der Waals surface area contributed by atoms with Crippen molar-refractivity contribution in [2.75, 3.05) is 13.7 Å². The van der Waals surface area contributed by atoms with Gasteiger partial charge in [-0.1, -0.05) is 72.8 Å². The minimum absolute atomic E-state index is 0.215. The van der Waals surface area contributed by atoms with Crippen LogP contribution in [0.3, 0.4) is 0 Å². The number of benzene rings is 3. The number of Topliss-reactive ketones (excluding diaryl/α,β-unsaturated/α-hetero) is 1. The van der Waals surface area contributed by atoms with Crippen LogP contribution in [-0.2, 0) is 43.4 Å². The largest absolute Gasteiger partial charge is 0.497 e. The molecule has 0 N–H and O–H groups in total. The molecule has 0 spiro atoms. The lowest BCUT2D eigenvalue weighted by Crippen LogP contribution is -2.40. The summed E-state index contributed by atoms with van der Waals surface area (Å²) in [7, 11) is 1.62. The fraction of sp³-hybridized carbons (Fsp3) is 0.333. The van der Waals surface area contributed by atoms with Crippen molar-refractivity contribution in [1.29, 1.82) is 0 Å². The van der Waals surface area contributed by atoms with E-state index in [1.807, 2.05) is 84.9 Å². The Kier molecular flexibility index (Phi) is 11.2. The highest BCUT2D eigenvalue weighted by Crippen LogP contribution is 2.20. The van der Waals surface area contributed by atoms with Crippen molar-refractivity contribution in [2.45, 2.75) is 51.6 Å². The first-order valence-corrected chi connectivity index (χ1v) is 12.2. The van der Waals surface area contributed by atoms with Crippen molar-refractivity contribution in [3.63, 3.8) is 0 Å². The van der Waals surface area contributed by atoms with E-state index in [-0.39, 0.29) is 25.4 Å². The van der Waals surface area contributed by atoms with Gasteiger partial charge in [-0.2, -0.15) is 0 Å². The van der Waals surface area contributed by atoms with Crippen molar-refractivity contribution < 1.29 is 28.5 Å². The quantitative estimate of drug-likeness (QED) is 0.212. The van der Waals surface area contributed by atoms with E-state index in [0.717, 1.165) is 22.4 Å². The fourth-order valence-corrected chi connectivity index (χ4v) is 3.82. The van der Waals surface area contributed by atoms with E-state index < -0.39 is 18.2 Å². The third-order valence-corrected chi connectivity index (χ3v) is 5.73. The van der Waals surface area contributed by atoms with Gasteiger partial charge in [0.15, 0.2) is 5.78 Å². The monoisotopic (exact) mass is 490 g/mol. The number of methoxy groups -OCH3 is 1. The number of hydrogen-bond acceptors (Lipinski definition) is 6. The first-order chi connectivity index (χ1) is 17.6. The Morgan fingerprint density at radius 2 is 1.33 bits per heavy atom. The summed E-state index contributed by atoms with van der Waals surface area (Å²) in [6, 6.07) is 27.2. The summed E-state index contributed by atoms with van der Waals surface area (Å²) in [6.07, 6.45) is -0.587. The Morgan fingerprint density at radius 3 is 1.94 bits per heavy atom. The van der Waals surface area contributed by atoms with Gasteiger partial charge in [-0.3, -0.25) is 9.59 Å². The van der Waals surface area contributed by atoms with Crippen LogP contribution < -0.4 is 4.74 Å². The van der Waals surface area contributed by atoms with Gasteiger partial charge in [0.05, 0.1) is 33.0 Å². The van der Waals surface area contributed by atoms with E-state index in [2.05, 4.69) is 0 Å². The maximum atomic E-state index is 13.3. The number of aryl methyl sites for hydroxylation is 1. The molecule has 0 heterocycles. The molecule has 0 saturated heterocycles. The second-order valence-electron chi connectivity index (χ2n) is 8.39. The molecule has 0 aromatic heterocycles. The lowest BCUT2D eigenvalue weighted by Gasteiger charge is -2.27. The predicted molar refractivity (Wildman–Crippen MR) is 138 cm³/mol. The second kappa shape index (κ2) is 14.8. The molecule has 0 amide bonds. The van der Waals surface area contributed by atoms with Crippen molar-refractivity contribution in [3.8, 4) is 5.75 Å². The summed E-state index contributed by atoms with van der Waals surface area (Å²) >= 11 is 0.